The van der Waals surface area contributed by atoms with Crippen LogP contribution in [-0.2, 0) is 37.5 Å². The highest BCUT2D eigenvalue weighted by Crippen LogP contribution is 2.43. The summed E-state index contributed by atoms with van der Waals surface area (Å²) in [5, 5.41) is 8.86. The molecule has 0 rings (SSSR count). The van der Waals surface area contributed by atoms with Crippen LogP contribution in [0.25, 0.3) is 0 Å². The Hall–Kier alpha value is -1.52. The Balaban J connectivity index is 4.26. The van der Waals surface area contributed by atoms with Gasteiger partial charge >= 0.3 is 25.7 Å². The van der Waals surface area contributed by atoms with Crippen LogP contribution in [0.3, 0.4) is 0 Å². The maximum atomic E-state index is 12.5. The van der Waals surface area contributed by atoms with E-state index in [0.29, 0.717) is 12.8 Å². The minimum Gasteiger partial charge on any atom is -0.480 e. The highest BCUT2D eigenvalue weighted by atomic mass is 31.2. The highest BCUT2D eigenvalue weighted by molar-refractivity contribution is 7.47. The molecular weight excluding hydrogens is 685 g/mol. The monoisotopic (exact) mass is 764 g/mol. The number of rotatable bonds is 40. The molecule has 0 heterocycles. The predicted octanol–water partition coefficient (Wildman–Crippen LogP) is 10.7. The average Bonchev–Trinajstić information content (AvgIpc) is 3.12. The Bertz CT molecular complexity index is 906. The topological polar surface area (TPSA) is 172 Å². The molecule has 0 aliphatic heterocycles. The van der Waals surface area contributed by atoms with Crippen molar-refractivity contribution in [1.82, 2.24) is 0 Å². The summed E-state index contributed by atoms with van der Waals surface area (Å²) >= 11 is 0. The Kier molecular flexibility index (Phi) is 35.4. The minimum atomic E-state index is -4.70. The number of hydrogen-bond acceptors (Lipinski definition) is 9. The van der Waals surface area contributed by atoms with E-state index >= 15 is 0 Å². The van der Waals surface area contributed by atoms with Gasteiger partial charge in [-0.15, -0.1) is 0 Å². The number of phosphoric ester groups is 1. The first-order chi connectivity index (χ1) is 25.1. The second kappa shape index (κ2) is 36.5. The van der Waals surface area contributed by atoms with Gasteiger partial charge in [-0.1, -0.05) is 181 Å². The zero-order valence-electron chi connectivity index (χ0n) is 33.2. The van der Waals surface area contributed by atoms with Crippen LogP contribution < -0.4 is 5.73 Å². The Morgan fingerprint density at radius 1 is 0.519 bits per heavy atom. The van der Waals surface area contributed by atoms with Crippen LogP contribution in [-0.4, -0.2) is 59.9 Å². The molecule has 1 unspecified atom stereocenters. The van der Waals surface area contributed by atoms with Crippen molar-refractivity contribution in [2.75, 3.05) is 19.8 Å². The van der Waals surface area contributed by atoms with Crippen molar-refractivity contribution in [1.29, 1.82) is 0 Å². The molecule has 0 aliphatic carbocycles. The summed E-state index contributed by atoms with van der Waals surface area (Å²) in [5.74, 6) is -2.36. The lowest BCUT2D eigenvalue weighted by atomic mass is 10.0. The third kappa shape index (κ3) is 35.5. The molecule has 0 aromatic carbocycles. The van der Waals surface area contributed by atoms with Crippen molar-refractivity contribution in [3.8, 4) is 0 Å². The molecule has 0 aromatic rings. The fraction of sp³-hybridized carbons (Fsp3) is 0.925. The fourth-order valence-electron chi connectivity index (χ4n) is 6.01. The molecule has 11 nitrogen and oxygen atoms in total. The number of carbonyl (C=O) groups is 3. The SMILES string of the molecule is CCCCCCCCCCCCCCCCCCCCC(=O)OC[C@@H](COP(=O)(O)OC[C@@H](N)C(=O)O)OC(=O)CCCCCCCCCCCC. The normalized spacial score (nSPS) is 13.8. The maximum absolute atomic E-state index is 12.5. The Morgan fingerprint density at radius 2 is 0.846 bits per heavy atom. The van der Waals surface area contributed by atoms with E-state index < -0.39 is 51.1 Å². The lowest BCUT2D eigenvalue weighted by molar-refractivity contribution is -0.161. The third-order valence-electron chi connectivity index (χ3n) is 9.36. The van der Waals surface area contributed by atoms with Gasteiger partial charge in [-0.2, -0.15) is 0 Å². The van der Waals surface area contributed by atoms with Gasteiger partial charge in [0.05, 0.1) is 13.2 Å². The van der Waals surface area contributed by atoms with Crippen molar-refractivity contribution in [3.63, 3.8) is 0 Å². The van der Waals surface area contributed by atoms with Gasteiger partial charge in [-0.25, -0.2) is 4.57 Å². The molecule has 308 valence electrons. The average molecular weight is 764 g/mol. The summed E-state index contributed by atoms with van der Waals surface area (Å²) in [7, 11) is -4.70. The van der Waals surface area contributed by atoms with Crippen molar-refractivity contribution < 1.29 is 47.5 Å². The molecule has 0 bridgehead atoms. The van der Waals surface area contributed by atoms with Crippen LogP contribution in [0.15, 0.2) is 0 Å². The highest BCUT2D eigenvalue weighted by Gasteiger charge is 2.28. The molecule has 0 saturated heterocycles. The first-order valence-corrected chi connectivity index (χ1v) is 22.6. The van der Waals surface area contributed by atoms with E-state index in [-0.39, 0.29) is 19.4 Å². The molecule has 4 N–H and O–H groups in total. The molecule has 0 amide bonds. The molecule has 3 atom stereocenters. The van der Waals surface area contributed by atoms with Crippen molar-refractivity contribution in [2.45, 2.75) is 219 Å². The number of carboxylic acids is 1. The van der Waals surface area contributed by atoms with E-state index in [1.54, 1.807) is 0 Å². The molecule has 12 heteroatoms. The van der Waals surface area contributed by atoms with Crippen molar-refractivity contribution in [3.05, 3.63) is 0 Å². The van der Waals surface area contributed by atoms with E-state index in [9.17, 15) is 23.8 Å². The molecule has 0 aromatic heterocycles. The maximum Gasteiger partial charge on any atom is 0.472 e. The third-order valence-corrected chi connectivity index (χ3v) is 10.3. The first-order valence-electron chi connectivity index (χ1n) is 21.1. The largest absolute Gasteiger partial charge is 0.480 e. The predicted molar refractivity (Wildman–Crippen MR) is 208 cm³/mol. The van der Waals surface area contributed by atoms with E-state index in [2.05, 4.69) is 18.4 Å². The van der Waals surface area contributed by atoms with Gasteiger partial charge in [0.2, 0.25) is 0 Å². The van der Waals surface area contributed by atoms with Crippen molar-refractivity contribution >= 4 is 25.7 Å². The number of esters is 2. The van der Waals surface area contributed by atoms with Crippen LogP contribution in [0.4, 0.5) is 0 Å². The number of ether oxygens (including phenoxy) is 2. The van der Waals surface area contributed by atoms with E-state index in [4.69, 9.17) is 24.8 Å². The van der Waals surface area contributed by atoms with Gasteiger partial charge in [-0.3, -0.25) is 23.4 Å². The lowest BCUT2D eigenvalue weighted by Gasteiger charge is -2.20. The zero-order chi connectivity index (χ0) is 38.5. The Morgan fingerprint density at radius 3 is 1.21 bits per heavy atom. The molecule has 0 fully saturated rings. The first kappa shape index (κ1) is 50.5. The number of carbonyl (C=O) groups excluding carboxylic acids is 2. The summed E-state index contributed by atoms with van der Waals surface area (Å²) in [5.41, 5.74) is 5.32. The van der Waals surface area contributed by atoms with Crippen LogP contribution in [0.1, 0.15) is 206 Å². The van der Waals surface area contributed by atoms with E-state index in [0.717, 1.165) is 38.5 Å². The Labute approximate surface area is 316 Å². The van der Waals surface area contributed by atoms with E-state index in [1.807, 2.05) is 0 Å². The number of hydrogen-bond donors (Lipinski definition) is 3. The number of unbranched alkanes of at least 4 members (excludes halogenated alkanes) is 26. The molecule has 0 radical (unpaired) electrons. The molecule has 52 heavy (non-hydrogen) atoms. The number of carboxylic acid groups (broad SMARTS) is 1. The summed E-state index contributed by atoms with van der Waals surface area (Å²) in [6.07, 6.45) is 33.2. The molecular formula is C40H78NO10P. The summed E-state index contributed by atoms with van der Waals surface area (Å²) in [6, 6.07) is -1.51. The van der Waals surface area contributed by atoms with Gasteiger partial charge < -0.3 is 25.2 Å². The van der Waals surface area contributed by atoms with Gasteiger partial charge in [0, 0.05) is 12.8 Å². The van der Waals surface area contributed by atoms with Gasteiger partial charge in [0.1, 0.15) is 12.6 Å². The quantitative estimate of drug-likeness (QED) is 0.0308. The molecule has 0 aliphatic rings. The molecule has 0 spiro atoms. The number of nitrogens with two attached hydrogens (primary N) is 1. The van der Waals surface area contributed by atoms with Gasteiger partial charge in [0.15, 0.2) is 6.10 Å². The van der Waals surface area contributed by atoms with Crippen LogP contribution in [0.5, 0.6) is 0 Å². The van der Waals surface area contributed by atoms with Crippen LogP contribution in [0.2, 0.25) is 0 Å². The summed E-state index contributed by atoms with van der Waals surface area (Å²) in [4.78, 5) is 45.8. The van der Waals surface area contributed by atoms with E-state index in [1.165, 1.54) is 128 Å². The smallest absolute Gasteiger partial charge is 0.472 e. The molecule has 0 saturated carbocycles. The summed E-state index contributed by atoms with van der Waals surface area (Å²) in [6.45, 7) is 2.80. The lowest BCUT2D eigenvalue weighted by Crippen LogP contribution is -2.34. The fourth-order valence-corrected chi connectivity index (χ4v) is 6.79. The second-order valence-corrected chi connectivity index (χ2v) is 15.9. The van der Waals surface area contributed by atoms with Crippen LogP contribution in [0, 0.1) is 0 Å². The standard InChI is InChI=1S/C40H78NO10P/c1-3-5-7-9-11-13-15-16-17-18-19-20-21-22-24-25-27-29-31-38(42)48-33-36(34-49-52(46,47)50-35-37(41)40(44)45)51-39(43)32-30-28-26-23-14-12-10-8-6-4-2/h36-37H,3-35,41H2,1-2H3,(H,44,45)(H,46,47)/t36-,37+/m0/s1. The number of phosphoric acid groups is 1. The summed E-state index contributed by atoms with van der Waals surface area (Å²) < 4.78 is 32.6. The second-order valence-electron chi connectivity index (χ2n) is 14.5. The van der Waals surface area contributed by atoms with Crippen LogP contribution >= 0.6 is 7.82 Å². The number of aliphatic carboxylic acids is 1. The van der Waals surface area contributed by atoms with Gasteiger partial charge in [-0.05, 0) is 12.8 Å². The minimum absolute atomic E-state index is 0.168. The van der Waals surface area contributed by atoms with Crippen molar-refractivity contribution in [2.24, 2.45) is 5.73 Å². The zero-order valence-corrected chi connectivity index (χ0v) is 34.1. The van der Waals surface area contributed by atoms with Gasteiger partial charge in [0.25, 0.3) is 0 Å².